The summed E-state index contributed by atoms with van der Waals surface area (Å²) in [4.78, 5) is 13.8. The largest absolute Gasteiger partial charge is 0.373 e. The quantitative estimate of drug-likeness (QED) is 0.581. The van der Waals surface area contributed by atoms with Crippen molar-refractivity contribution in [1.82, 2.24) is 9.78 Å². The zero-order valence-corrected chi connectivity index (χ0v) is 12.2. The lowest BCUT2D eigenvalue weighted by Crippen LogP contribution is -2.25. The molecule has 0 aliphatic carbocycles. The average Bonchev–Trinajstić information content (AvgIpc) is 2.39. The summed E-state index contributed by atoms with van der Waals surface area (Å²) in [6.45, 7) is 3.63. The lowest BCUT2D eigenvalue weighted by Gasteiger charge is -2.16. The van der Waals surface area contributed by atoms with Gasteiger partial charge < -0.3 is 4.90 Å². The summed E-state index contributed by atoms with van der Waals surface area (Å²) in [5, 5.41) is 4.21. The molecular formula is C13H23N3OS. The maximum atomic E-state index is 11.8. The second kappa shape index (κ2) is 8.19. The van der Waals surface area contributed by atoms with E-state index in [9.17, 15) is 4.79 Å². The molecule has 0 radical (unpaired) electrons. The molecule has 0 saturated heterocycles. The Labute approximate surface area is 114 Å². The number of anilines is 1. The third-order valence-corrected chi connectivity index (χ3v) is 3.36. The van der Waals surface area contributed by atoms with E-state index in [1.54, 1.807) is 16.9 Å². The van der Waals surface area contributed by atoms with Crippen LogP contribution < -0.4 is 10.5 Å². The Balaban J connectivity index is 2.50. The van der Waals surface area contributed by atoms with Crippen LogP contribution in [0.15, 0.2) is 17.1 Å². The smallest absolute Gasteiger partial charge is 0.268 e. The predicted octanol–water partition coefficient (Wildman–Crippen LogP) is 2.19. The standard InChI is InChI=1S/C13H23N3OS/c1-3-15(2)12-10-13(17)16(14-11-12)8-6-4-5-7-9-18/h10-11,18H,3-9H2,1-2H3. The Kier molecular flexibility index (Phi) is 6.86. The van der Waals surface area contributed by atoms with Crippen molar-refractivity contribution in [1.29, 1.82) is 0 Å². The molecule has 0 aromatic carbocycles. The van der Waals surface area contributed by atoms with Crippen molar-refractivity contribution in [3.8, 4) is 0 Å². The van der Waals surface area contributed by atoms with Crippen molar-refractivity contribution >= 4 is 18.3 Å². The Hall–Kier alpha value is -0.970. The molecule has 0 amide bonds. The van der Waals surface area contributed by atoms with Gasteiger partial charge in [-0.2, -0.15) is 17.7 Å². The first-order chi connectivity index (χ1) is 8.69. The summed E-state index contributed by atoms with van der Waals surface area (Å²) in [5.41, 5.74) is 0.871. The molecule has 0 aliphatic rings. The predicted molar refractivity (Wildman–Crippen MR) is 79.8 cm³/mol. The first-order valence-corrected chi connectivity index (χ1v) is 7.21. The molecule has 4 nitrogen and oxygen atoms in total. The number of thiol groups is 1. The second-order valence-corrected chi connectivity index (χ2v) is 4.87. The third kappa shape index (κ3) is 4.72. The number of hydrogen-bond donors (Lipinski definition) is 1. The van der Waals surface area contributed by atoms with Gasteiger partial charge in [0, 0.05) is 26.2 Å². The minimum atomic E-state index is -0.0120. The second-order valence-electron chi connectivity index (χ2n) is 4.43. The normalized spacial score (nSPS) is 10.6. The van der Waals surface area contributed by atoms with Crippen LogP contribution in [-0.4, -0.2) is 29.1 Å². The molecule has 0 unspecified atom stereocenters. The van der Waals surface area contributed by atoms with E-state index >= 15 is 0 Å². The first-order valence-electron chi connectivity index (χ1n) is 6.58. The van der Waals surface area contributed by atoms with Crippen LogP contribution in [0.3, 0.4) is 0 Å². The topological polar surface area (TPSA) is 38.1 Å². The van der Waals surface area contributed by atoms with Crippen molar-refractivity contribution in [2.45, 2.75) is 39.2 Å². The number of aryl methyl sites for hydroxylation is 1. The van der Waals surface area contributed by atoms with Crippen molar-refractivity contribution in [2.24, 2.45) is 0 Å². The summed E-state index contributed by atoms with van der Waals surface area (Å²) >= 11 is 4.18. The van der Waals surface area contributed by atoms with E-state index in [0.29, 0.717) is 6.54 Å². The fourth-order valence-corrected chi connectivity index (χ4v) is 1.93. The summed E-state index contributed by atoms with van der Waals surface area (Å²) in [6, 6.07) is 1.66. The highest BCUT2D eigenvalue weighted by molar-refractivity contribution is 7.80. The van der Waals surface area contributed by atoms with Crippen molar-refractivity contribution in [3.63, 3.8) is 0 Å². The lowest BCUT2D eigenvalue weighted by molar-refractivity contribution is 0.519. The Morgan fingerprint density at radius 2 is 2.06 bits per heavy atom. The SMILES string of the molecule is CCN(C)c1cnn(CCCCCCS)c(=O)c1. The molecule has 5 heteroatoms. The third-order valence-electron chi connectivity index (χ3n) is 3.05. The van der Waals surface area contributed by atoms with E-state index < -0.39 is 0 Å². The molecule has 18 heavy (non-hydrogen) atoms. The van der Waals surface area contributed by atoms with E-state index in [4.69, 9.17) is 0 Å². The van der Waals surface area contributed by atoms with E-state index in [0.717, 1.165) is 37.2 Å². The monoisotopic (exact) mass is 269 g/mol. The van der Waals surface area contributed by atoms with Crippen molar-refractivity contribution in [2.75, 3.05) is 24.2 Å². The highest BCUT2D eigenvalue weighted by Crippen LogP contribution is 2.06. The molecule has 0 fully saturated rings. The maximum Gasteiger partial charge on any atom is 0.268 e. The first kappa shape index (κ1) is 15.1. The maximum absolute atomic E-state index is 11.8. The zero-order chi connectivity index (χ0) is 13.4. The molecule has 102 valence electrons. The van der Waals surface area contributed by atoms with Crippen LogP contribution in [0.1, 0.15) is 32.6 Å². The lowest BCUT2D eigenvalue weighted by atomic mass is 10.2. The van der Waals surface area contributed by atoms with Gasteiger partial charge in [0.1, 0.15) is 0 Å². The van der Waals surface area contributed by atoms with Crippen LogP contribution in [0.4, 0.5) is 5.69 Å². The molecule has 0 N–H and O–H groups in total. The Morgan fingerprint density at radius 3 is 2.67 bits per heavy atom. The Morgan fingerprint density at radius 1 is 1.33 bits per heavy atom. The van der Waals surface area contributed by atoms with E-state index in [-0.39, 0.29) is 5.56 Å². The average molecular weight is 269 g/mol. The molecule has 1 aromatic heterocycles. The van der Waals surface area contributed by atoms with Crippen molar-refractivity contribution < 1.29 is 0 Å². The van der Waals surface area contributed by atoms with Crippen molar-refractivity contribution in [3.05, 3.63) is 22.6 Å². The molecular weight excluding hydrogens is 246 g/mol. The van der Waals surface area contributed by atoms with Crippen LogP contribution in [0.25, 0.3) is 0 Å². The molecule has 1 heterocycles. The van der Waals surface area contributed by atoms with E-state index in [1.165, 1.54) is 6.42 Å². The summed E-state index contributed by atoms with van der Waals surface area (Å²) in [6.07, 6.45) is 6.22. The van der Waals surface area contributed by atoms with Gasteiger partial charge in [0.05, 0.1) is 11.9 Å². The highest BCUT2D eigenvalue weighted by Gasteiger charge is 2.02. The van der Waals surface area contributed by atoms with Gasteiger partial charge in [-0.1, -0.05) is 12.8 Å². The molecule has 0 atom stereocenters. The van der Waals surface area contributed by atoms with E-state index in [2.05, 4.69) is 17.7 Å². The molecule has 0 spiro atoms. The highest BCUT2D eigenvalue weighted by atomic mass is 32.1. The zero-order valence-electron chi connectivity index (χ0n) is 11.3. The van der Waals surface area contributed by atoms with Crippen LogP contribution in [0.2, 0.25) is 0 Å². The summed E-state index contributed by atoms with van der Waals surface area (Å²) < 4.78 is 1.55. The van der Waals surface area contributed by atoms with Gasteiger partial charge in [0.25, 0.3) is 5.56 Å². The van der Waals surface area contributed by atoms with Gasteiger partial charge in [-0.3, -0.25) is 4.79 Å². The Bertz CT molecular complexity index is 405. The molecule has 0 saturated carbocycles. The minimum Gasteiger partial charge on any atom is -0.373 e. The van der Waals surface area contributed by atoms with Crippen LogP contribution in [-0.2, 0) is 6.54 Å². The van der Waals surface area contributed by atoms with E-state index in [1.807, 2.05) is 18.9 Å². The van der Waals surface area contributed by atoms with Gasteiger partial charge in [-0.25, -0.2) is 4.68 Å². The molecule has 0 bridgehead atoms. The van der Waals surface area contributed by atoms with Gasteiger partial charge in [-0.05, 0) is 25.5 Å². The van der Waals surface area contributed by atoms with Gasteiger partial charge in [-0.15, -0.1) is 0 Å². The molecule has 0 aliphatic heterocycles. The van der Waals surface area contributed by atoms with Gasteiger partial charge in [0.15, 0.2) is 0 Å². The van der Waals surface area contributed by atoms with Gasteiger partial charge in [0.2, 0.25) is 0 Å². The van der Waals surface area contributed by atoms with Gasteiger partial charge >= 0.3 is 0 Å². The van der Waals surface area contributed by atoms with Crippen LogP contribution in [0, 0.1) is 0 Å². The number of rotatable bonds is 8. The fourth-order valence-electron chi connectivity index (χ4n) is 1.71. The van der Waals surface area contributed by atoms with Crippen LogP contribution in [0.5, 0.6) is 0 Å². The van der Waals surface area contributed by atoms with Crippen LogP contribution >= 0.6 is 12.6 Å². The number of nitrogens with zero attached hydrogens (tertiary/aromatic N) is 3. The molecule has 1 aromatic rings. The summed E-state index contributed by atoms with van der Waals surface area (Å²) in [7, 11) is 1.96. The summed E-state index contributed by atoms with van der Waals surface area (Å²) in [5.74, 6) is 0.941. The number of aromatic nitrogens is 2. The number of hydrogen-bond acceptors (Lipinski definition) is 4. The minimum absolute atomic E-state index is 0.0120. The fraction of sp³-hybridized carbons (Fsp3) is 0.692. The molecule has 1 rings (SSSR count). The number of unbranched alkanes of at least 4 members (excludes halogenated alkanes) is 3.